The summed E-state index contributed by atoms with van der Waals surface area (Å²) in [6, 6.07) is 7.92. The van der Waals surface area contributed by atoms with Gasteiger partial charge in [-0.05, 0) is 46.7 Å². The molecule has 1 aromatic carbocycles. The van der Waals surface area contributed by atoms with Gasteiger partial charge in [0, 0.05) is 3.57 Å². The van der Waals surface area contributed by atoms with Crippen LogP contribution in [-0.4, -0.2) is 30.0 Å². The van der Waals surface area contributed by atoms with E-state index < -0.39 is 6.09 Å². The summed E-state index contributed by atoms with van der Waals surface area (Å²) in [5, 5.41) is 11.2. The van der Waals surface area contributed by atoms with Crippen molar-refractivity contribution < 1.29 is 14.6 Å². The van der Waals surface area contributed by atoms with Gasteiger partial charge in [-0.25, -0.2) is 4.79 Å². The number of hydrogen-bond acceptors (Lipinski definition) is 2. The number of benzene rings is 1. The number of rotatable bonds is 4. The Kier molecular flexibility index (Phi) is 3.65. The molecule has 2 rings (SSSR count). The van der Waals surface area contributed by atoms with Crippen molar-refractivity contribution in [2.45, 2.75) is 18.6 Å². The van der Waals surface area contributed by atoms with Gasteiger partial charge in [0.25, 0.3) is 0 Å². The normalized spacial score (nSPS) is 20.2. The molecule has 1 amide bonds. The van der Waals surface area contributed by atoms with Gasteiger partial charge in [0.1, 0.15) is 6.10 Å². The fourth-order valence-corrected chi connectivity index (χ4v) is 1.96. The number of nitrogens with one attached hydrogen (secondary N) is 1. The van der Waals surface area contributed by atoms with Gasteiger partial charge in [-0.2, -0.15) is 0 Å². The molecule has 1 unspecified atom stereocenters. The first kappa shape index (κ1) is 11.7. The molecule has 2 atom stereocenters. The molecule has 16 heavy (non-hydrogen) atoms. The number of hydrogen-bond donors (Lipinski definition) is 2. The Hall–Kier alpha value is -0.820. The monoisotopic (exact) mass is 333 g/mol. The molecule has 1 aliphatic heterocycles. The fourth-order valence-electron chi connectivity index (χ4n) is 1.60. The summed E-state index contributed by atoms with van der Waals surface area (Å²) in [7, 11) is 0. The molecule has 1 aromatic rings. The maximum Gasteiger partial charge on any atom is 0.404 e. The molecule has 0 bridgehead atoms. The van der Waals surface area contributed by atoms with Crippen molar-refractivity contribution >= 4 is 28.7 Å². The summed E-state index contributed by atoms with van der Waals surface area (Å²) in [4.78, 5) is 10.6. The van der Waals surface area contributed by atoms with Crippen molar-refractivity contribution in [2.24, 2.45) is 0 Å². The standard InChI is InChI=1S/C11H12INO3/c12-8-3-1-7(2-4-8)5-9(10-6-16-10)13-11(14)15/h1-4,9-10,13H,5-6H2,(H,14,15)/t9-,10?/m0/s1. The van der Waals surface area contributed by atoms with E-state index in [1.807, 2.05) is 24.3 Å². The van der Waals surface area contributed by atoms with Crippen LogP contribution in [-0.2, 0) is 11.2 Å². The Labute approximate surface area is 107 Å². The maximum absolute atomic E-state index is 10.6. The zero-order chi connectivity index (χ0) is 11.5. The van der Waals surface area contributed by atoms with Crippen molar-refractivity contribution in [1.82, 2.24) is 5.32 Å². The van der Waals surface area contributed by atoms with Crippen LogP contribution in [0.2, 0.25) is 0 Å². The summed E-state index contributed by atoms with van der Waals surface area (Å²) >= 11 is 2.24. The predicted molar refractivity (Wildman–Crippen MR) is 67.6 cm³/mol. The van der Waals surface area contributed by atoms with Gasteiger partial charge in [-0.15, -0.1) is 0 Å². The SMILES string of the molecule is O=C(O)N[C@@H](Cc1ccc(I)cc1)C1CO1. The molecular formula is C11H12INO3. The first-order valence-corrected chi connectivity index (χ1v) is 6.08. The van der Waals surface area contributed by atoms with Gasteiger partial charge in [0.2, 0.25) is 0 Å². The highest BCUT2D eigenvalue weighted by Crippen LogP contribution is 2.18. The van der Waals surface area contributed by atoms with E-state index in [4.69, 9.17) is 9.84 Å². The van der Waals surface area contributed by atoms with Crippen LogP contribution in [0.15, 0.2) is 24.3 Å². The van der Waals surface area contributed by atoms with Crippen LogP contribution in [0.1, 0.15) is 5.56 Å². The van der Waals surface area contributed by atoms with E-state index in [9.17, 15) is 4.79 Å². The minimum Gasteiger partial charge on any atom is -0.465 e. The van der Waals surface area contributed by atoms with Crippen molar-refractivity contribution in [3.63, 3.8) is 0 Å². The molecule has 0 spiro atoms. The van der Waals surface area contributed by atoms with Crippen molar-refractivity contribution in [1.29, 1.82) is 0 Å². The van der Waals surface area contributed by atoms with Crippen LogP contribution >= 0.6 is 22.6 Å². The van der Waals surface area contributed by atoms with Gasteiger partial charge in [0.05, 0.1) is 12.6 Å². The lowest BCUT2D eigenvalue weighted by Crippen LogP contribution is -2.39. The van der Waals surface area contributed by atoms with E-state index in [2.05, 4.69) is 27.9 Å². The number of halogens is 1. The van der Waals surface area contributed by atoms with Crippen LogP contribution in [0.5, 0.6) is 0 Å². The highest BCUT2D eigenvalue weighted by molar-refractivity contribution is 14.1. The zero-order valence-electron chi connectivity index (χ0n) is 8.52. The molecule has 86 valence electrons. The van der Waals surface area contributed by atoms with E-state index >= 15 is 0 Å². The Morgan fingerprint density at radius 1 is 1.56 bits per heavy atom. The number of carbonyl (C=O) groups is 1. The highest BCUT2D eigenvalue weighted by atomic mass is 127. The largest absolute Gasteiger partial charge is 0.465 e. The van der Waals surface area contributed by atoms with E-state index in [0.717, 1.165) is 5.56 Å². The third-order valence-corrected chi connectivity index (χ3v) is 3.20. The van der Waals surface area contributed by atoms with Crippen LogP contribution in [0, 0.1) is 3.57 Å². The molecule has 1 aliphatic rings. The molecule has 0 saturated carbocycles. The quantitative estimate of drug-likeness (QED) is 0.653. The first-order chi connectivity index (χ1) is 7.65. The molecule has 4 nitrogen and oxygen atoms in total. The van der Waals surface area contributed by atoms with Gasteiger partial charge < -0.3 is 15.2 Å². The topological polar surface area (TPSA) is 61.9 Å². The Bertz CT molecular complexity index is 375. The number of epoxide rings is 1. The third kappa shape index (κ3) is 3.34. The minimum atomic E-state index is -0.994. The lowest BCUT2D eigenvalue weighted by Gasteiger charge is -2.14. The van der Waals surface area contributed by atoms with E-state index in [-0.39, 0.29) is 12.1 Å². The summed E-state index contributed by atoms with van der Waals surface area (Å²) in [6.07, 6.45) is -0.283. The third-order valence-electron chi connectivity index (χ3n) is 2.49. The zero-order valence-corrected chi connectivity index (χ0v) is 10.7. The molecule has 1 saturated heterocycles. The summed E-state index contributed by atoms with van der Waals surface area (Å²) in [6.45, 7) is 0.648. The molecule has 2 N–H and O–H groups in total. The van der Waals surface area contributed by atoms with Crippen molar-refractivity contribution in [2.75, 3.05) is 6.61 Å². The van der Waals surface area contributed by atoms with Gasteiger partial charge >= 0.3 is 6.09 Å². The fraction of sp³-hybridized carbons (Fsp3) is 0.364. The summed E-state index contributed by atoms with van der Waals surface area (Å²) < 4.78 is 6.31. The van der Waals surface area contributed by atoms with Gasteiger partial charge in [-0.1, -0.05) is 12.1 Å². The first-order valence-electron chi connectivity index (χ1n) is 5.00. The smallest absolute Gasteiger partial charge is 0.404 e. The van der Waals surface area contributed by atoms with Gasteiger partial charge in [-0.3, -0.25) is 0 Å². The van der Waals surface area contributed by atoms with Crippen LogP contribution in [0.25, 0.3) is 0 Å². The average Bonchev–Trinajstić information content (AvgIpc) is 3.03. The number of amides is 1. The number of ether oxygens (including phenoxy) is 1. The molecular weight excluding hydrogens is 321 g/mol. The predicted octanol–water partition coefficient (Wildman–Crippen LogP) is 1.87. The Balaban J connectivity index is 1.99. The molecule has 1 heterocycles. The van der Waals surface area contributed by atoms with Crippen molar-refractivity contribution in [3.05, 3.63) is 33.4 Å². The van der Waals surface area contributed by atoms with Crippen LogP contribution in [0.3, 0.4) is 0 Å². The van der Waals surface area contributed by atoms with E-state index in [1.54, 1.807) is 0 Å². The molecule has 0 radical (unpaired) electrons. The second-order valence-electron chi connectivity index (χ2n) is 3.76. The van der Waals surface area contributed by atoms with Crippen LogP contribution < -0.4 is 5.32 Å². The summed E-state index contributed by atoms with van der Waals surface area (Å²) in [5.41, 5.74) is 1.12. The maximum atomic E-state index is 10.6. The van der Waals surface area contributed by atoms with E-state index in [0.29, 0.717) is 13.0 Å². The average molecular weight is 333 g/mol. The van der Waals surface area contributed by atoms with Crippen LogP contribution in [0.4, 0.5) is 4.79 Å². The molecule has 0 aliphatic carbocycles. The second kappa shape index (κ2) is 5.01. The lowest BCUT2D eigenvalue weighted by molar-refractivity contribution is 0.186. The lowest BCUT2D eigenvalue weighted by atomic mass is 10.0. The minimum absolute atomic E-state index is 0.0374. The van der Waals surface area contributed by atoms with Gasteiger partial charge in [0.15, 0.2) is 0 Å². The Morgan fingerprint density at radius 2 is 2.19 bits per heavy atom. The number of carboxylic acid groups (broad SMARTS) is 1. The molecule has 0 aromatic heterocycles. The van der Waals surface area contributed by atoms with Crippen molar-refractivity contribution in [3.8, 4) is 0 Å². The Morgan fingerprint density at radius 3 is 2.69 bits per heavy atom. The highest BCUT2D eigenvalue weighted by Gasteiger charge is 2.33. The molecule has 5 heteroatoms. The van der Waals surface area contributed by atoms with E-state index in [1.165, 1.54) is 3.57 Å². The summed E-state index contributed by atoms with van der Waals surface area (Å²) in [5.74, 6) is 0. The second-order valence-corrected chi connectivity index (χ2v) is 5.00. The molecule has 1 fully saturated rings.